The molecule has 0 radical (unpaired) electrons. The molecule has 0 aliphatic heterocycles. The predicted molar refractivity (Wildman–Crippen MR) is 88.2 cm³/mol. The third-order valence-corrected chi connectivity index (χ3v) is 4.20. The van der Waals surface area contributed by atoms with E-state index in [0.717, 1.165) is 5.69 Å². The van der Waals surface area contributed by atoms with Crippen LogP contribution in [0.1, 0.15) is 36.7 Å². The summed E-state index contributed by atoms with van der Waals surface area (Å²) in [7, 11) is 0. The zero-order valence-corrected chi connectivity index (χ0v) is 13.1. The van der Waals surface area contributed by atoms with E-state index in [1.165, 1.54) is 29.8 Å². The van der Waals surface area contributed by atoms with Gasteiger partial charge in [-0.1, -0.05) is 13.3 Å². The Kier molecular flexibility index (Phi) is 6.41. The van der Waals surface area contributed by atoms with Crippen molar-refractivity contribution in [3.8, 4) is 0 Å². The summed E-state index contributed by atoms with van der Waals surface area (Å²) in [4.78, 5) is 13.1. The fraction of sp³-hybridized carbons (Fsp3) is 0.353. The first-order chi connectivity index (χ1) is 10.3. The number of hydrogen-bond acceptors (Lipinski definition) is 4. The first kappa shape index (κ1) is 15.7. The summed E-state index contributed by atoms with van der Waals surface area (Å²) in [6.45, 7) is 2.82. The number of unbranched alkanes of at least 4 members (excludes halogenated alkanes) is 1. The van der Waals surface area contributed by atoms with Gasteiger partial charge in [0.25, 0.3) is 0 Å². The van der Waals surface area contributed by atoms with E-state index in [1.807, 2.05) is 11.8 Å². The molecule has 3 nitrogen and oxygen atoms in total. The normalized spacial score (nSPS) is 10.5. The molecular weight excluding hydrogens is 282 g/mol. The van der Waals surface area contributed by atoms with Gasteiger partial charge in [-0.3, -0.25) is 4.79 Å². The van der Waals surface area contributed by atoms with Crippen molar-refractivity contribution in [1.29, 1.82) is 0 Å². The Balaban J connectivity index is 1.72. The topological polar surface area (TPSA) is 42.2 Å². The van der Waals surface area contributed by atoms with Gasteiger partial charge in [0, 0.05) is 23.5 Å². The first-order valence-corrected chi connectivity index (χ1v) is 8.31. The van der Waals surface area contributed by atoms with Gasteiger partial charge in [0.2, 0.25) is 0 Å². The summed E-state index contributed by atoms with van der Waals surface area (Å²) in [6, 6.07) is 11.8. The fourth-order valence-corrected chi connectivity index (χ4v) is 2.88. The molecule has 1 N–H and O–H groups in total. The number of anilines is 1. The Bertz CT molecular complexity index is 534. The van der Waals surface area contributed by atoms with Gasteiger partial charge in [-0.15, -0.1) is 11.8 Å². The summed E-state index contributed by atoms with van der Waals surface area (Å²) < 4.78 is 5.08. The summed E-state index contributed by atoms with van der Waals surface area (Å²) in [6.07, 6.45) is 4.44. The lowest BCUT2D eigenvalue weighted by molar-refractivity contribution is 0.0960. The average molecular weight is 303 g/mol. The van der Waals surface area contributed by atoms with E-state index in [0.29, 0.717) is 18.7 Å². The zero-order chi connectivity index (χ0) is 14.9. The highest BCUT2D eigenvalue weighted by Crippen LogP contribution is 2.21. The van der Waals surface area contributed by atoms with Gasteiger partial charge in [-0.05, 0) is 48.6 Å². The Labute approximate surface area is 130 Å². The number of rotatable bonds is 9. The number of benzene rings is 1. The number of carbonyl (C=O) groups is 1. The number of thioether (sulfide) groups is 1. The van der Waals surface area contributed by atoms with Crippen molar-refractivity contribution in [2.45, 2.75) is 31.1 Å². The molecule has 0 atom stereocenters. The van der Waals surface area contributed by atoms with Crippen LogP contribution in [0.4, 0.5) is 5.69 Å². The molecule has 1 aromatic carbocycles. The second kappa shape index (κ2) is 8.57. The average Bonchev–Trinajstić information content (AvgIpc) is 3.03. The van der Waals surface area contributed by atoms with E-state index in [9.17, 15) is 4.79 Å². The molecule has 0 bridgehead atoms. The molecule has 0 saturated heterocycles. The molecule has 4 heteroatoms. The molecule has 0 unspecified atom stereocenters. The van der Waals surface area contributed by atoms with Crippen LogP contribution in [0.15, 0.2) is 52.0 Å². The minimum atomic E-state index is 0.0271. The van der Waals surface area contributed by atoms with Gasteiger partial charge < -0.3 is 9.73 Å². The van der Waals surface area contributed by atoms with Gasteiger partial charge in [0.15, 0.2) is 11.5 Å². The van der Waals surface area contributed by atoms with Gasteiger partial charge in [-0.25, -0.2) is 0 Å². The van der Waals surface area contributed by atoms with Crippen molar-refractivity contribution in [1.82, 2.24) is 0 Å². The molecule has 1 aromatic heterocycles. The maximum atomic E-state index is 11.8. The highest BCUT2D eigenvalue weighted by Gasteiger charge is 2.07. The van der Waals surface area contributed by atoms with Gasteiger partial charge >= 0.3 is 0 Å². The molecule has 0 amide bonds. The van der Waals surface area contributed by atoms with E-state index >= 15 is 0 Å². The quantitative estimate of drug-likeness (QED) is 0.408. The van der Waals surface area contributed by atoms with Crippen LogP contribution in [0, 0.1) is 0 Å². The van der Waals surface area contributed by atoms with E-state index < -0.39 is 0 Å². The van der Waals surface area contributed by atoms with Crippen molar-refractivity contribution in [2.75, 3.05) is 17.6 Å². The zero-order valence-electron chi connectivity index (χ0n) is 12.3. The molecule has 0 aliphatic carbocycles. The lowest BCUT2D eigenvalue weighted by atomic mass is 10.2. The van der Waals surface area contributed by atoms with Gasteiger partial charge in [0.1, 0.15) is 0 Å². The Hall–Kier alpha value is -1.68. The summed E-state index contributed by atoms with van der Waals surface area (Å²) in [5.74, 6) is 1.62. The number of Topliss-reactive ketones (excluding diaryl/α,β-unsaturated/α-hetero) is 1. The molecular formula is C17H21NO2S. The van der Waals surface area contributed by atoms with Crippen LogP contribution in [0.25, 0.3) is 0 Å². The molecule has 0 aliphatic rings. The van der Waals surface area contributed by atoms with Crippen molar-refractivity contribution < 1.29 is 9.21 Å². The number of furan rings is 1. The van der Waals surface area contributed by atoms with Crippen LogP contribution in [-0.2, 0) is 0 Å². The van der Waals surface area contributed by atoms with Crippen molar-refractivity contribution >= 4 is 23.2 Å². The van der Waals surface area contributed by atoms with Gasteiger partial charge in [0.05, 0.1) is 6.26 Å². The Morgan fingerprint density at radius 1 is 1.24 bits per heavy atom. The molecule has 112 valence electrons. The van der Waals surface area contributed by atoms with Crippen molar-refractivity contribution in [2.24, 2.45) is 0 Å². The molecule has 0 spiro atoms. The predicted octanol–water partition coefficient (Wildman–Crippen LogP) is 4.86. The van der Waals surface area contributed by atoms with Crippen LogP contribution in [0.2, 0.25) is 0 Å². The Morgan fingerprint density at radius 2 is 2.05 bits per heavy atom. The Morgan fingerprint density at radius 3 is 2.71 bits per heavy atom. The number of ketones is 1. The van der Waals surface area contributed by atoms with Gasteiger partial charge in [-0.2, -0.15) is 0 Å². The third-order valence-electron chi connectivity index (χ3n) is 3.10. The summed E-state index contributed by atoms with van der Waals surface area (Å²) in [5.41, 5.74) is 1.04. The molecule has 1 heterocycles. The molecule has 0 fully saturated rings. The highest BCUT2D eigenvalue weighted by atomic mass is 32.2. The third kappa shape index (κ3) is 5.31. The molecule has 21 heavy (non-hydrogen) atoms. The molecule has 0 saturated carbocycles. The molecule has 2 rings (SSSR count). The summed E-state index contributed by atoms with van der Waals surface area (Å²) >= 11 is 1.89. The van der Waals surface area contributed by atoms with Crippen molar-refractivity contribution in [3.05, 3.63) is 48.4 Å². The monoisotopic (exact) mass is 303 g/mol. The van der Waals surface area contributed by atoms with Crippen LogP contribution in [0.3, 0.4) is 0 Å². The molecule has 2 aromatic rings. The van der Waals surface area contributed by atoms with Crippen molar-refractivity contribution in [3.63, 3.8) is 0 Å². The standard InChI is InChI=1S/C17H21NO2S/c1-2-3-13-21-15-8-6-14(7-9-15)18-11-10-16(19)17-5-4-12-20-17/h4-9,12,18H,2-3,10-11,13H2,1H3. The minimum absolute atomic E-state index is 0.0271. The number of carbonyl (C=O) groups excluding carboxylic acids is 1. The second-order valence-corrected chi connectivity index (χ2v) is 5.97. The second-order valence-electron chi connectivity index (χ2n) is 4.80. The SMILES string of the molecule is CCCCSc1ccc(NCCC(=O)c2ccco2)cc1. The van der Waals surface area contributed by atoms with E-state index in [-0.39, 0.29) is 5.78 Å². The first-order valence-electron chi connectivity index (χ1n) is 7.33. The maximum Gasteiger partial charge on any atom is 0.199 e. The smallest absolute Gasteiger partial charge is 0.199 e. The van der Waals surface area contributed by atoms with Crippen LogP contribution >= 0.6 is 11.8 Å². The minimum Gasteiger partial charge on any atom is -0.461 e. The van der Waals surface area contributed by atoms with E-state index in [1.54, 1.807) is 12.1 Å². The number of hydrogen-bond donors (Lipinski definition) is 1. The van der Waals surface area contributed by atoms with E-state index in [4.69, 9.17) is 4.42 Å². The fourth-order valence-electron chi connectivity index (χ4n) is 1.88. The maximum absolute atomic E-state index is 11.8. The lowest BCUT2D eigenvalue weighted by Crippen LogP contribution is -2.08. The van der Waals surface area contributed by atoms with Crippen LogP contribution in [-0.4, -0.2) is 18.1 Å². The lowest BCUT2D eigenvalue weighted by Gasteiger charge is -2.06. The summed E-state index contributed by atoms with van der Waals surface area (Å²) in [5, 5.41) is 3.26. The number of nitrogens with one attached hydrogen (secondary N) is 1. The largest absolute Gasteiger partial charge is 0.461 e. The highest BCUT2D eigenvalue weighted by molar-refractivity contribution is 7.99. The van der Waals surface area contributed by atoms with Crippen LogP contribution in [0.5, 0.6) is 0 Å². The van der Waals surface area contributed by atoms with E-state index in [2.05, 4.69) is 36.5 Å². The van der Waals surface area contributed by atoms with Crippen LogP contribution < -0.4 is 5.32 Å².